The van der Waals surface area contributed by atoms with Gasteiger partial charge in [-0.2, -0.15) is 8.42 Å². The van der Waals surface area contributed by atoms with Crippen LogP contribution in [-0.4, -0.2) is 50.1 Å². The van der Waals surface area contributed by atoms with Gasteiger partial charge in [0.05, 0.1) is 11.3 Å². The highest BCUT2D eigenvalue weighted by Crippen LogP contribution is 2.33. The summed E-state index contributed by atoms with van der Waals surface area (Å²) in [7, 11) is -2.36. The molecule has 0 spiro atoms. The monoisotopic (exact) mass is 495 g/mol. The third kappa shape index (κ3) is 5.28. The van der Waals surface area contributed by atoms with Crippen LogP contribution in [0, 0.1) is 6.92 Å². The maximum Gasteiger partial charge on any atom is 0.281 e. The van der Waals surface area contributed by atoms with Gasteiger partial charge in [0.2, 0.25) is 0 Å². The largest absolute Gasteiger partial charge is 0.384 e. The molecule has 0 bridgehead atoms. The van der Waals surface area contributed by atoms with Gasteiger partial charge >= 0.3 is 0 Å². The highest BCUT2D eigenvalue weighted by atomic mass is 32.2. The summed E-state index contributed by atoms with van der Waals surface area (Å²) in [5.74, 6) is -0.368. The van der Waals surface area contributed by atoms with Crippen molar-refractivity contribution in [2.24, 2.45) is 0 Å². The van der Waals surface area contributed by atoms with E-state index in [1.807, 2.05) is 43.1 Å². The average Bonchev–Trinajstić information content (AvgIpc) is 2.84. The Morgan fingerprint density at radius 1 is 1.06 bits per heavy atom. The van der Waals surface area contributed by atoms with E-state index < -0.39 is 15.9 Å². The van der Waals surface area contributed by atoms with E-state index in [1.54, 1.807) is 12.1 Å². The molecule has 0 aliphatic carbocycles. The van der Waals surface area contributed by atoms with Gasteiger partial charge in [0.1, 0.15) is 11.6 Å². The summed E-state index contributed by atoms with van der Waals surface area (Å²) < 4.78 is 33.3. The van der Waals surface area contributed by atoms with Gasteiger partial charge in [-0.3, -0.25) is 4.79 Å². The second-order valence-electron chi connectivity index (χ2n) is 8.94. The van der Waals surface area contributed by atoms with E-state index in [0.717, 1.165) is 24.0 Å². The van der Waals surface area contributed by atoms with Crippen molar-refractivity contribution in [3.63, 3.8) is 0 Å². The van der Waals surface area contributed by atoms with Crippen molar-refractivity contribution >= 4 is 27.6 Å². The number of carbonyl (C=O) groups excluding carboxylic acids is 1. The van der Waals surface area contributed by atoms with Gasteiger partial charge in [-0.05, 0) is 51.0 Å². The van der Waals surface area contributed by atoms with E-state index in [0.29, 0.717) is 24.7 Å². The lowest BCUT2D eigenvalue weighted by Gasteiger charge is -2.43. The van der Waals surface area contributed by atoms with Crippen molar-refractivity contribution in [1.29, 1.82) is 0 Å². The maximum absolute atomic E-state index is 13.3. The van der Waals surface area contributed by atoms with Crippen LogP contribution < -0.4 is 15.4 Å². The number of benzene rings is 1. The normalized spacial score (nSPS) is 15.4. The Labute approximate surface area is 205 Å². The van der Waals surface area contributed by atoms with Gasteiger partial charge in [-0.25, -0.2) is 14.7 Å². The highest BCUT2D eigenvalue weighted by molar-refractivity contribution is 7.90. The molecule has 2 aromatic heterocycles. The van der Waals surface area contributed by atoms with Crippen LogP contribution in [0.5, 0.6) is 0 Å². The molecule has 0 radical (unpaired) electrons. The number of carbonyl (C=O) groups is 1. The lowest BCUT2D eigenvalue weighted by molar-refractivity contribution is 0.0574. The number of aromatic nitrogens is 2. The van der Waals surface area contributed by atoms with Gasteiger partial charge < -0.3 is 15.4 Å². The number of nitrogens with two attached hydrogens (primary N) is 1. The van der Waals surface area contributed by atoms with E-state index >= 15 is 0 Å². The van der Waals surface area contributed by atoms with Crippen molar-refractivity contribution in [1.82, 2.24) is 14.7 Å². The molecule has 3 heterocycles. The maximum atomic E-state index is 13.3. The molecular weight excluding hydrogens is 466 g/mol. The van der Waals surface area contributed by atoms with E-state index in [9.17, 15) is 13.2 Å². The lowest BCUT2D eigenvalue weighted by Crippen LogP contribution is -2.49. The lowest BCUT2D eigenvalue weighted by atomic mass is 9.90. The molecule has 1 aliphatic rings. The Bertz CT molecular complexity index is 1340. The van der Waals surface area contributed by atoms with Gasteiger partial charge in [-0.1, -0.05) is 35.9 Å². The molecule has 1 aliphatic heterocycles. The Morgan fingerprint density at radius 2 is 1.74 bits per heavy atom. The molecule has 10 heteroatoms. The number of rotatable bonds is 6. The molecule has 1 aromatic carbocycles. The molecule has 0 saturated carbocycles. The molecule has 1 fully saturated rings. The number of amides is 1. The number of hydrogen-bond acceptors (Lipinski definition) is 8. The summed E-state index contributed by atoms with van der Waals surface area (Å²) in [5, 5.41) is -0.332. The van der Waals surface area contributed by atoms with Gasteiger partial charge in [-0.15, -0.1) is 0 Å². The minimum absolute atomic E-state index is 0.0392. The van der Waals surface area contributed by atoms with Crippen LogP contribution in [0.3, 0.4) is 0 Å². The molecule has 1 saturated heterocycles. The van der Waals surface area contributed by atoms with Gasteiger partial charge in [0.25, 0.3) is 15.9 Å². The minimum atomic E-state index is -4.24. The summed E-state index contributed by atoms with van der Waals surface area (Å²) in [5.41, 5.74) is 8.14. The first kappa shape index (κ1) is 24.6. The quantitative estimate of drug-likeness (QED) is 0.534. The SMILES string of the molecule is Cc1ccc(-c2ccc(C(=O)NS(=O)(=O)c3cccc(N)n3)c(N(C)C3(C)CCOCC3)n2)cc1. The first-order valence-electron chi connectivity index (χ1n) is 11.3. The summed E-state index contributed by atoms with van der Waals surface area (Å²) in [4.78, 5) is 23.9. The molecule has 3 N–H and O–H groups in total. The van der Waals surface area contributed by atoms with Crippen LogP contribution in [0.4, 0.5) is 11.6 Å². The Morgan fingerprint density at radius 3 is 2.40 bits per heavy atom. The number of ether oxygens (including phenoxy) is 1. The predicted octanol–water partition coefficient (Wildman–Crippen LogP) is 3.16. The smallest absolute Gasteiger partial charge is 0.281 e. The minimum Gasteiger partial charge on any atom is -0.384 e. The number of nitrogens with zero attached hydrogens (tertiary/aromatic N) is 3. The van der Waals surface area contributed by atoms with E-state index in [-0.39, 0.29) is 21.9 Å². The van der Waals surface area contributed by atoms with Gasteiger partial charge in [0.15, 0.2) is 5.03 Å². The fourth-order valence-electron chi connectivity index (χ4n) is 3.98. The fourth-order valence-corrected chi connectivity index (χ4v) is 4.92. The molecule has 4 rings (SSSR count). The molecule has 9 nitrogen and oxygen atoms in total. The fraction of sp³-hybridized carbons (Fsp3) is 0.320. The number of sulfonamides is 1. The number of anilines is 2. The van der Waals surface area contributed by atoms with Crippen molar-refractivity contribution in [3.8, 4) is 11.3 Å². The summed E-state index contributed by atoms with van der Waals surface area (Å²) in [6, 6.07) is 15.4. The van der Waals surface area contributed by atoms with Crippen molar-refractivity contribution in [2.75, 3.05) is 30.9 Å². The summed E-state index contributed by atoms with van der Waals surface area (Å²) in [6.45, 7) is 5.28. The molecule has 0 atom stereocenters. The number of aryl methyl sites for hydroxylation is 1. The standard InChI is InChI=1S/C25H29N5O4S/c1-17-7-9-18(10-8-17)20-12-11-19(23(27-20)30(3)25(2)13-15-34-16-14-25)24(31)29-35(32,33)22-6-4-5-21(26)28-22/h4-12H,13-16H2,1-3H3,(H2,26,28)(H,29,31). The van der Waals surface area contributed by atoms with Crippen LogP contribution in [0.2, 0.25) is 0 Å². The first-order chi connectivity index (χ1) is 16.6. The number of nitrogens with one attached hydrogen (secondary N) is 1. The summed E-state index contributed by atoms with van der Waals surface area (Å²) >= 11 is 0. The zero-order chi connectivity index (χ0) is 25.2. The Kier molecular flexibility index (Phi) is 6.77. The highest BCUT2D eigenvalue weighted by Gasteiger charge is 2.35. The van der Waals surface area contributed by atoms with Crippen LogP contribution in [-0.2, 0) is 14.8 Å². The molecule has 3 aromatic rings. The second-order valence-corrected chi connectivity index (χ2v) is 10.6. The number of nitrogen functional groups attached to an aromatic ring is 1. The van der Waals surface area contributed by atoms with E-state index in [2.05, 4.69) is 16.6 Å². The third-order valence-corrected chi connectivity index (χ3v) is 7.64. The zero-order valence-electron chi connectivity index (χ0n) is 20.0. The van der Waals surface area contributed by atoms with Crippen molar-refractivity contribution in [3.05, 3.63) is 65.7 Å². The Balaban J connectivity index is 1.75. The molecule has 35 heavy (non-hydrogen) atoms. The van der Waals surface area contributed by atoms with Crippen LogP contribution in [0.15, 0.2) is 59.6 Å². The van der Waals surface area contributed by atoms with Crippen LogP contribution in [0.25, 0.3) is 11.3 Å². The Hall–Kier alpha value is -3.50. The molecular formula is C25H29N5O4S. The molecule has 0 unspecified atom stereocenters. The number of pyridine rings is 2. The van der Waals surface area contributed by atoms with Crippen LogP contribution in [0.1, 0.15) is 35.7 Å². The number of hydrogen-bond donors (Lipinski definition) is 2. The van der Waals surface area contributed by atoms with E-state index in [4.69, 9.17) is 15.5 Å². The summed E-state index contributed by atoms with van der Waals surface area (Å²) in [6.07, 6.45) is 1.49. The van der Waals surface area contributed by atoms with Crippen molar-refractivity contribution in [2.45, 2.75) is 37.3 Å². The van der Waals surface area contributed by atoms with Crippen molar-refractivity contribution < 1.29 is 17.9 Å². The van der Waals surface area contributed by atoms with E-state index in [1.165, 1.54) is 18.2 Å². The average molecular weight is 496 g/mol. The second kappa shape index (κ2) is 9.63. The first-order valence-corrected chi connectivity index (χ1v) is 12.8. The molecule has 184 valence electrons. The van der Waals surface area contributed by atoms with Crippen LogP contribution >= 0.6 is 0 Å². The zero-order valence-corrected chi connectivity index (χ0v) is 20.8. The predicted molar refractivity (Wildman–Crippen MR) is 135 cm³/mol. The topological polar surface area (TPSA) is 128 Å². The molecule has 1 amide bonds. The van der Waals surface area contributed by atoms with Gasteiger partial charge in [0, 0.05) is 31.4 Å². The third-order valence-electron chi connectivity index (χ3n) is 6.41.